The van der Waals surface area contributed by atoms with E-state index < -0.39 is 10.8 Å². The first kappa shape index (κ1) is 16.4. The van der Waals surface area contributed by atoms with Gasteiger partial charge in [0, 0.05) is 11.4 Å². The van der Waals surface area contributed by atoms with Gasteiger partial charge < -0.3 is 5.73 Å². The van der Waals surface area contributed by atoms with Crippen LogP contribution >= 0.6 is 23.1 Å². The number of benzene rings is 2. The molecule has 0 radical (unpaired) electrons. The van der Waals surface area contributed by atoms with Gasteiger partial charge in [-0.2, -0.15) is 0 Å². The molecule has 3 aromatic rings. The third-order valence-electron chi connectivity index (χ3n) is 3.36. The van der Waals surface area contributed by atoms with E-state index in [1.807, 2.05) is 48.7 Å². The van der Waals surface area contributed by atoms with Crippen molar-refractivity contribution >= 4 is 33.9 Å². The lowest BCUT2D eigenvalue weighted by Gasteiger charge is -2.10. The number of hydrogen-bond donors (Lipinski definition) is 1. The van der Waals surface area contributed by atoms with Crippen LogP contribution in [0.4, 0.5) is 0 Å². The summed E-state index contributed by atoms with van der Waals surface area (Å²) in [7, 11) is -1.26. The maximum absolute atomic E-state index is 13.0. The summed E-state index contributed by atoms with van der Waals surface area (Å²) in [5.41, 5.74) is 7.67. The van der Waals surface area contributed by atoms with E-state index in [1.54, 1.807) is 18.0 Å². The SMILES string of the molecule is CSc1ccc(S(=O)c2cnc(CN)s2)c(-c2ccccc2)c1. The lowest BCUT2D eigenvalue weighted by atomic mass is 10.1. The molecule has 1 heterocycles. The van der Waals surface area contributed by atoms with Crippen molar-refractivity contribution in [2.24, 2.45) is 5.73 Å². The molecule has 0 saturated heterocycles. The average Bonchev–Trinajstić information content (AvgIpc) is 3.10. The normalized spacial score (nSPS) is 12.3. The van der Waals surface area contributed by atoms with Gasteiger partial charge in [0.2, 0.25) is 0 Å². The molecule has 2 N–H and O–H groups in total. The van der Waals surface area contributed by atoms with Crippen molar-refractivity contribution in [2.75, 3.05) is 6.26 Å². The molecule has 0 aliphatic carbocycles. The van der Waals surface area contributed by atoms with Gasteiger partial charge in [-0.25, -0.2) is 9.19 Å². The minimum absolute atomic E-state index is 0.374. The average molecular weight is 361 g/mol. The maximum atomic E-state index is 13.0. The number of thiazole rings is 1. The lowest BCUT2D eigenvalue weighted by Crippen LogP contribution is -1.95. The van der Waals surface area contributed by atoms with Crippen molar-refractivity contribution in [1.29, 1.82) is 0 Å². The zero-order valence-electron chi connectivity index (χ0n) is 12.6. The van der Waals surface area contributed by atoms with Gasteiger partial charge in [-0.1, -0.05) is 30.3 Å². The number of thioether (sulfide) groups is 1. The molecule has 0 bridgehead atoms. The van der Waals surface area contributed by atoms with E-state index in [1.165, 1.54) is 11.3 Å². The molecule has 0 aliphatic rings. The van der Waals surface area contributed by atoms with Gasteiger partial charge in [0.05, 0.1) is 21.9 Å². The van der Waals surface area contributed by atoms with Crippen LogP contribution in [0.1, 0.15) is 5.01 Å². The predicted octanol–water partition coefficient (Wildman–Crippen LogP) is 4.16. The molecule has 0 amide bonds. The fraction of sp³-hybridized carbons (Fsp3) is 0.118. The Morgan fingerprint density at radius 2 is 2.00 bits per heavy atom. The van der Waals surface area contributed by atoms with Crippen LogP contribution in [0.25, 0.3) is 11.1 Å². The van der Waals surface area contributed by atoms with E-state index in [4.69, 9.17) is 5.73 Å². The topological polar surface area (TPSA) is 56.0 Å². The van der Waals surface area contributed by atoms with E-state index in [0.29, 0.717) is 6.54 Å². The van der Waals surface area contributed by atoms with Crippen molar-refractivity contribution in [3.63, 3.8) is 0 Å². The molecule has 0 spiro atoms. The fourth-order valence-corrected chi connectivity index (χ4v) is 4.98. The van der Waals surface area contributed by atoms with Crippen LogP contribution in [0.3, 0.4) is 0 Å². The van der Waals surface area contributed by atoms with Crippen molar-refractivity contribution in [3.05, 3.63) is 59.7 Å². The molecule has 1 atom stereocenters. The first-order valence-corrected chi connectivity index (χ1v) is 10.2. The van der Waals surface area contributed by atoms with E-state index in [-0.39, 0.29) is 0 Å². The molecule has 0 saturated carbocycles. The van der Waals surface area contributed by atoms with Gasteiger partial charge in [-0.3, -0.25) is 0 Å². The van der Waals surface area contributed by atoms with Crippen molar-refractivity contribution in [3.8, 4) is 11.1 Å². The molecule has 1 unspecified atom stereocenters. The van der Waals surface area contributed by atoms with Crippen LogP contribution in [0, 0.1) is 0 Å². The predicted molar refractivity (Wildman–Crippen MR) is 98.3 cm³/mol. The molecule has 6 heteroatoms. The summed E-state index contributed by atoms with van der Waals surface area (Å²) in [6, 6.07) is 16.1. The largest absolute Gasteiger partial charge is 0.325 e. The summed E-state index contributed by atoms with van der Waals surface area (Å²) in [6.07, 6.45) is 3.71. The van der Waals surface area contributed by atoms with Crippen LogP contribution in [-0.4, -0.2) is 15.4 Å². The molecule has 0 fully saturated rings. The van der Waals surface area contributed by atoms with Crippen LogP contribution in [0.15, 0.2) is 68.7 Å². The Bertz CT molecular complexity index is 831. The zero-order chi connectivity index (χ0) is 16.2. The number of nitrogens with zero attached hydrogens (tertiary/aromatic N) is 1. The zero-order valence-corrected chi connectivity index (χ0v) is 15.0. The van der Waals surface area contributed by atoms with Crippen molar-refractivity contribution < 1.29 is 4.21 Å². The molecule has 0 aliphatic heterocycles. The van der Waals surface area contributed by atoms with E-state index in [2.05, 4.69) is 11.1 Å². The molecule has 3 nitrogen and oxygen atoms in total. The second kappa shape index (κ2) is 7.40. The Labute approximate surface area is 146 Å². The van der Waals surface area contributed by atoms with Crippen LogP contribution < -0.4 is 5.73 Å². The molecular formula is C17H16N2OS3. The van der Waals surface area contributed by atoms with Gasteiger partial charge in [0.1, 0.15) is 9.22 Å². The van der Waals surface area contributed by atoms with Gasteiger partial charge in [0.15, 0.2) is 0 Å². The quantitative estimate of drug-likeness (QED) is 0.694. The second-order valence-corrected chi connectivity index (χ2v) is 8.44. The molecule has 118 valence electrons. The summed E-state index contributed by atoms with van der Waals surface area (Å²) >= 11 is 3.08. The first-order chi connectivity index (χ1) is 11.2. The second-order valence-electron chi connectivity index (χ2n) is 4.77. The van der Waals surface area contributed by atoms with Gasteiger partial charge in [0.25, 0.3) is 0 Å². The summed E-state index contributed by atoms with van der Waals surface area (Å²) in [5, 5.41) is 0.801. The summed E-state index contributed by atoms with van der Waals surface area (Å²) in [4.78, 5) is 6.17. The van der Waals surface area contributed by atoms with Gasteiger partial charge in [-0.05, 0) is 35.6 Å². The highest BCUT2D eigenvalue weighted by molar-refractivity contribution is 7.98. The Morgan fingerprint density at radius 1 is 1.22 bits per heavy atom. The van der Waals surface area contributed by atoms with Crippen LogP contribution in [0.2, 0.25) is 0 Å². The number of aromatic nitrogens is 1. The standard InChI is InChI=1S/C17H16N2OS3/c1-21-13-7-8-15(14(9-13)12-5-3-2-4-6-12)23(20)17-11-19-16(10-18)22-17/h2-9,11H,10,18H2,1H3. The summed E-state index contributed by atoms with van der Waals surface area (Å²) < 4.78 is 13.7. The third kappa shape index (κ3) is 3.55. The highest BCUT2D eigenvalue weighted by Gasteiger charge is 2.16. The number of nitrogens with two attached hydrogens (primary N) is 1. The van der Waals surface area contributed by atoms with E-state index in [0.717, 1.165) is 30.1 Å². The molecule has 2 aromatic carbocycles. The van der Waals surface area contributed by atoms with Crippen molar-refractivity contribution in [1.82, 2.24) is 4.98 Å². The third-order valence-corrected chi connectivity index (χ3v) is 6.83. The van der Waals surface area contributed by atoms with Crippen molar-refractivity contribution in [2.45, 2.75) is 20.5 Å². The van der Waals surface area contributed by atoms with E-state index >= 15 is 0 Å². The van der Waals surface area contributed by atoms with Crippen LogP contribution in [-0.2, 0) is 17.3 Å². The Hall–Kier alpha value is -1.47. The molecular weight excluding hydrogens is 344 g/mol. The minimum Gasteiger partial charge on any atom is -0.325 e. The lowest BCUT2D eigenvalue weighted by molar-refractivity contribution is 0.684. The van der Waals surface area contributed by atoms with Gasteiger partial charge >= 0.3 is 0 Å². The fourth-order valence-electron chi connectivity index (χ4n) is 2.22. The smallest absolute Gasteiger partial charge is 0.116 e. The van der Waals surface area contributed by atoms with E-state index in [9.17, 15) is 4.21 Å². The Balaban J connectivity index is 2.09. The molecule has 23 heavy (non-hydrogen) atoms. The Kier molecular flexibility index (Phi) is 5.27. The van der Waals surface area contributed by atoms with Gasteiger partial charge in [-0.15, -0.1) is 23.1 Å². The molecule has 1 aromatic heterocycles. The summed E-state index contributed by atoms with van der Waals surface area (Å²) in [6.45, 7) is 0.374. The molecule has 3 rings (SSSR count). The first-order valence-electron chi connectivity index (χ1n) is 7.03. The van der Waals surface area contributed by atoms with Crippen LogP contribution in [0.5, 0.6) is 0 Å². The minimum atomic E-state index is -1.26. The monoisotopic (exact) mass is 360 g/mol. The highest BCUT2D eigenvalue weighted by Crippen LogP contribution is 2.33. The highest BCUT2D eigenvalue weighted by atomic mass is 32.2. The summed E-state index contributed by atoms with van der Waals surface area (Å²) in [5.74, 6) is 0. The Morgan fingerprint density at radius 3 is 2.65 bits per heavy atom. The number of hydrogen-bond acceptors (Lipinski definition) is 5. The maximum Gasteiger partial charge on any atom is 0.116 e. The number of rotatable bonds is 5.